The van der Waals surface area contributed by atoms with E-state index < -0.39 is 0 Å². The van der Waals surface area contributed by atoms with E-state index >= 15 is 0 Å². The average molecular weight is 195 g/mol. The molecule has 1 aromatic rings. The SMILES string of the molecule is NC(Cc1ccoc1)C1CCOCC1. The molecule has 1 fully saturated rings. The molecule has 0 bridgehead atoms. The Morgan fingerprint density at radius 3 is 2.86 bits per heavy atom. The molecule has 3 heteroatoms. The molecule has 0 saturated carbocycles. The fourth-order valence-corrected chi connectivity index (χ4v) is 1.99. The van der Waals surface area contributed by atoms with Crippen LogP contribution in [0.2, 0.25) is 0 Å². The highest BCUT2D eigenvalue weighted by Crippen LogP contribution is 2.20. The standard InChI is InChI=1S/C11H17NO2/c12-11(7-9-1-4-14-8-9)10-2-5-13-6-3-10/h1,4,8,10-11H,2-3,5-7,12H2. The lowest BCUT2D eigenvalue weighted by atomic mass is 9.89. The molecule has 3 nitrogen and oxygen atoms in total. The van der Waals surface area contributed by atoms with Crippen molar-refractivity contribution in [3.63, 3.8) is 0 Å². The molecule has 1 unspecified atom stereocenters. The molecule has 14 heavy (non-hydrogen) atoms. The van der Waals surface area contributed by atoms with Gasteiger partial charge in [-0.2, -0.15) is 0 Å². The summed E-state index contributed by atoms with van der Waals surface area (Å²) in [5, 5.41) is 0. The van der Waals surface area contributed by atoms with Crippen LogP contribution < -0.4 is 5.73 Å². The third-order valence-corrected chi connectivity index (χ3v) is 2.92. The van der Waals surface area contributed by atoms with Crippen molar-refractivity contribution in [1.29, 1.82) is 0 Å². The summed E-state index contributed by atoms with van der Waals surface area (Å²) in [6.45, 7) is 1.73. The zero-order chi connectivity index (χ0) is 9.80. The molecule has 2 heterocycles. The van der Waals surface area contributed by atoms with Crippen LogP contribution in [0.4, 0.5) is 0 Å². The minimum absolute atomic E-state index is 0.247. The van der Waals surface area contributed by atoms with Crippen LogP contribution in [0.25, 0.3) is 0 Å². The Kier molecular flexibility index (Phi) is 3.22. The maximum atomic E-state index is 6.14. The van der Waals surface area contributed by atoms with E-state index in [1.807, 2.05) is 6.07 Å². The molecule has 2 rings (SSSR count). The molecule has 0 spiro atoms. The van der Waals surface area contributed by atoms with Gasteiger partial charge in [-0.05, 0) is 36.8 Å². The van der Waals surface area contributed by atoms with E-state index in [4.69, 9.17) is 14.9 Å². The van der Waals surface area contributed by atoms with Crippen molar-refractivity contribution in [2.45, 2.75) is 25.3 Å². The summed E-state index contributed by atoms with van der Waals surface area (Å²) < 4.78 is 10.3. The van der Waals surface area contributed by atoms with Gasteiger partial charge in [0.15, 0.2) is 0 Å². The van der Waals surface area contributed by atoms with Crippen LogP contribution in [0, 0.1) is 5.92 Å². The van der Waals surface area contributed by atoms with Gasteiger partial charge >= 0.3 is 0 Å². The van der Waals surface area contributed by atoms with E-state index in [0.717, 1.165) is 32.5 Å². The Balaban J connectivity index is 1.85. The van der Waals surface area contributed by atoms with E-state index in [9.17, 15) is 0 Å². The molecule has 1 aliphatic heterocycles. The van der Waals surface area contributed by atoms with Crippen LogP contribution in [0.3, 0.4) is 0 Å². The number of furan rings is 1. The van der Waals surface area contributed by atoms with Gasteiger partial charge in [0.25, 0.3) is 0 Å². The maximum absolute atomic E-state index is 6.14. The molecular formula is C11H17NO2. The molecule has 1 saturated heterocycles. The van der Waals surface area contributed by atoms with Crippen molar-refractivity contribution >= 4 is 0 Å². The molecule has 1 atom stereocenters. The quantitative estimate of drug-likeness (QED) is 0.796. The predicted molar refractivity (Wildman–Crippen MR) is 53.9 cm³/mol. The molecule has 1 aromatic heterocycles. The highest BCUT2D eigenvalue weighted by molar-refractivity contribution is 5.07. The maximum Gasteiger partial charge on any atom is 0.0935 e. The normalized spacial score (nSPS) is 20.9. The molecule has 0 aliphatic carbocycles. The van der Waals surface area contributed by atoms with Gasteiger partial charge in [-0.15, -0.1) is 0 Å². The second-order valence-corrected chi connectivity index (χ2v) is 3.95. The summed E-state index contributed by atoms with van der Waals surface area (Å²) in [4.78, 5) is 0. The second-order valence-electron chi connectivity index (χ2n) is 3.95. The average Bonchev–Trinajstić information content (AvgIpc) is 2.72. The number of nitrogens with two attached hydrogens (primary N) is 1. The van der Waals surface area contributed by atoms with Gasteiger partial charge in [0.05, 0.1) is 12.5 Å². The Hall–Kier alpha value is -0.800. The van der Waals surface area contributed by atoms with E-state index in [-0.39, 0.29) is 6.04 Å². The van der Waals surface area contributed by atoms with Crippen molar-refractivity contribution < 1.29 is 9.15 Å². The van der Waals surface area contributed by atoms with Gasteiger partial charge in [-0.1, -0.05) is 0 Å². The highest BCUT2D eigenvalue weighted by Gasteiger charge is 2.21. The Bertz CT molecular complexity index is 252. The number of hydrogen-bond acceptors (Lipinski definition) is 3. The van der Waals surface area contributed by atoms with Crippen molar-refractivity contribution in [3.05, 3.63) is 24.2 Å². The molecule has 0 radical (unpaired) electrons. The van der Waals surface area contributed by atoms with Crippen LogP contribution in [0.15, 0.2) is 23.0 Å². The van der Waals surface area contributed by atoms with E-state index in [1.54, 1.807) is 12.5 Å². The van der Waals surface area contributed by atoms with Gasteiger partial charge in [-0.25, -0.2) is 0 Å². The topological polar surface area (TPSA) is 48.4 Å². The second kappa shape index (κ2) is 4.62. The zero-order valence-corrected chi connectivity index (χ0v) is 8.32. The van der Waals surface area contributed by atoms with Crippen molar-refractivity contribution in [2.75, 3.05) is 13.2 Å². The molecule has 0 amide bonds. The van der Waals surface area contributed by atoms with Gasteiger partial charge < -0.3 is 14.9 Å². The van der Waals surface area contributed by atoms with Crippen LogP contribution >= 0.6 is 0 Å². The minimum Gasteiger partial charge on any atom is -0.472 e. The molecule has 1 aliphatic rings. The zero-order valence-electron chi connectivity index (χ0n) is 8.32. The summed E-state index contributed by atoms with van der Waals surface area (Å²) in [5.41, 5.74) is 7.34. The minimum atomic E-state index is 0.247. The first-order chi connectivity index (χ1) is 6.86. The summed E-state index contributed by atoms with van der Waals surface area (Å²) in [6.07, 6.45) is 6.59. The summed E-state index contributed by atoms with van der Waals surface area (Å²) in [6, 6.07) is 2.23. The van der Waals surface area contributed by atoms with Crippen molar-refractivity contribution in [3.8, 4) is 0 Å². The molecule has 78 valence electrons. The Morgan fingerprint density at radius 2 is 2.21 bits per heavy atom. The molecule has 0 aromatic carbocycles. The largest absolute Gasteiger partial charge is 0.472 e. The predicted octanol–water partition coefficient (Wildman–Crippen LogP) is 1.58. The van der Waals surface area contributed by atoms with Gasteiger partial charge in [0, 0.05) is 19.3 Å². The fourth-order valence-electron chi connectivity index (χ4n) is 1.99. The number of ether oxygens (including phenoxy) is 1. The van der Waals surface area contributed by atoms with Crippen LogP contribution in [-0.4, -0.2) is 19.3 Å². The van der Waals surface area contributed by atoms with Gasteiger partial charge in [0.1, 0.15) is 0 Å². The van der Waals surface area contributed by atoms with Crippen LogP contribution in [0.1, 0.15) is 18.4 Å². The summed E-state index contributed by atoms with van der Waals surface area (Å²) in [5.74, 6) is 0.610. The van der Waals surface area contributed by atoms with Gasteiger partial charge in [0.2, 0.25) is 0 Å². The lowest BCUT2D eigenvalue weighted by Gasteiger charge is -2.27. The summed E-state index contributed by atoms with van der Waals surface area (Å²) >= 11 is 0. The summed E-state index contributed by atoms with van der Waals surface area (Å²) in [7, 11) is 0. The molecular weight excluding hydrogens is 178 g/mol. The van der Waals surface area contributed by atoms with Crippen LogP contribution in [-0.2, 0) is 11.2 Å². The van der Waals surface area contributed by atoms with Crippen LogP contribution in [0.5, 0.6) is 0 Å². The highest BCUT2D eigenvalue weighted by atomic mass is 16.5. The lowest BCUT2D eigenvalue weighted by Crippen LogP contribution is -2.35. The fraction of sp³-hybridized carbons (Fsp3) is 0.636. The lowest BCUT2D eigenvalue weighted by molar-refractivity contribution is 0.0585. The van der Waals surface area contributed by atoms with E-state index in [2.05, 4.69) is 0 Å². The smallest absolute Gasteiger partial charge is 0.0935 e. The number of rotatable bonds is 3. The van der Waals surface area contributed by atoms with Crippen molar-refractivity contribution in [1.82, 2.24) is 0 Å². The Labute approximate surface area is 84.2 Å². The van der Waals surface area contributed by atoms with E-state index in [1.165, 1.54) is 5.56 Å². The first-order valence-electron chi connectivity index (χ1n) is 5.20. The Morgan fingerprint density at radius 1 is 1.43 bits per heavy atom. The molecule has 2 N–H and O–H groups in total. The third-order valence-electron chi connectivity index (χ3n) is 2.92. The van der Waals surface area contributed by atoms with Crippen molar-refractivity contribution in [2.24, 2.45) is 11.7 Å². The first-order valence-corrected chi connectivity index (χ1v) is 5.20. The van der Waals surface area contributed by atoms with E-state index in [0.29, 0.717) is 5.92 Å². The van der Waals surface area contributed by atoms with Gasteiger partial charge in [-0.3, -0.25) is 0 Å². The monoisotopic (exact) mass is 195 g/mol. The first kappa shape index (κ1) is 9.74. The number of hydrogen-bond donors (Lipinski definition) is 1. The third kappa shape index (κ3) is 2.36.